The smallest absolute Gasteiger partial charge is 0.236 e. The van der Waals surface area contributed by atoms with Crippen molar-refractivity contribution in [2.75, 3.05) is 6.54 Å². The molecule has 1 amide bonds. The van der Waals surface area contributed by atoms with Crippen LogP contribution in [-0.4, -0.2) is 39.8 Å². The maximum atomic E-state index is 11.1. The third kappa shape index (κ3) is 1.44. The molecule has 1 N–H and O–H groups in total. The topological polar surface area (TPSA) is 43.8 Å². The molecule has 2 unspecified atom stereocenters. The van der Waals surface area contributed by atoms with Gasteiger partial charge in [0.1, 0.15) is 6.23 Å². The van der Waals surface area contributed by atoms with Gasteiger partial charge in [-0.1, -0.05) is 6.92 Å². The van der Waals surface area contributed by atoms with Crippen molar-refractivity contribution >= 4 is 5.91 Å². The predicted octanol–water partition coefficient (Wildman–Crippen LogP) is 0.182. The highest BCUT2D eigenvalue weighted by molar-refractivity contribution is 5.73. The van der Waals surface area contributed by atoms with Gasteiger partial charge in [-0.25, -0.2) is 10.0 Å². The highest BCUT2D eigenvalue weighted by Gasteiger charge is 2.36. The van der Waals surface area contributed by atoms with E-state index in [1.54, 1.807) is 0 Å². The van der Waals surface area contributed by atoms with Crippen molar-refractivity contribution in [3.05, 3.63) is 0 Å². The van der Waals surface area contributed by atoms with Crippen LogP contribution in [0.25, 0.3) is 0 Å². The molecule has 4 nitrogen and oxygen atoms in total. The number of aliphatic hydroxyl groups excluding tert-OH is 1. The van der Waals surface area contributed by atoms with E-state index in [1.807, 2.05) is 18.9 Å². The lowest BCUT2D eigenvalue weighted by Gasteiger charge is -2.29. The third-order valence-corrected chi connectivity index (χ3v) is 2.27. The number of amides is 1. The maximum absolute atomic E-state index is 11.1. The van der Waals surface area contributed by atoms with Crippen LogP contribution in [0.5, 0.6) is 0 Å². The largest absolute Gasteiger partial charge is 0.372 e. The van der Waals surface area contributed by atoms with Crippen LogP contribution in [0.4, 0.5) is 0 Å². The molecule has 0 aromatic carbocycles. The van der Waals surface area contributed by atoms with Crippen LogP contribution in [0.2, 0.25) is 0 Å². The summed E-state index contributed by atoms with van der Waals surface area (Å²) in [4.78, 5) is 11.1. The molecule has 0 aromatic heterocycles. The van der Waals surface area contributed by atoms with Gasteiger partial charge in [0.05, 0.1) is 0 Å². The number of hydrogen-bond acceptors (Lipinski definition) is 3. The summed E-state index contributed by atoms with van der Waals surface area (Å²) in [7, 11) is 0. The molecule has 1 aliphatic heterocycles. The molecule has 0 saturated carbocycles. The summed E-state index contributed by atoms with van der Waals surface area (Å²) >= 11 is 0. The second-order valence-corrected chi connectivity index (χ2v) is 3.18. The molecular weight excluding hydrogens is 156 g/mol. The highest BCUT2D eigenvalue weighted by Crippen LogP contribution is 2.22. The van der Waals surface area contributed by atoms with Gasteiger partial charge in [0.2, 0.25) is 5.91 Å². The summed E-state index contributed by atoms with van der Waals surface area (Å²) in [5.41, 5.74) is 0. The summed E-state index contributed by atoms with van der Waals surface area (Å²) < 4.78 is 0. The van der Waals surface area contributed by atoms with E-state index < -0.39 is 6.23 Å². The molecule has 0 bridgehead atoms. The van der Waals surface area contributed by atoms with Gasteiger partial charge < -0.3 is 5.11 Å². The second-order valence-electron chi connectivity index (χ2n) is 3.18. The van der Waals surface area contributed by atoms with Crippen LogP contribution in [0, 0.1) is 0 Å². The normalized spacial score (nSPS) is 31.2. The Balaban J connectivity index is 2.75. The first-order chi connectivity index (χ1) is 5.57. The van der Waals surface area contributed by atoms with Gasteiger partial charge in [-0.05, 0) is 6.92 Å². The van der Waals surface area contributed by atoms with E-state index in [-0.39, 0.29) is 11.9 Å². The van der Waals surface area contributed by atoms with E-state index >= 15 is 0 Å². The Kier molecular flexibility index (Phi) is 2.69. The van der Waals surface area contributed by atoms with Crippen LogP contribution in [0.3, 0.4) is 0 Å². The van der Waals surface area contributed by atoms with Crippen LogP contribution in [-0.2, 0) is 4.79 Å². The minimum Gasteiger partial charge on any atom is -0.372 e. The molecule has 1 rings (SSSR count). The first kappa shape index (κ1) is 9.48. The Morgan fingerprint density at radius 1 is 1.67 bits per heavy atom. The van der Waals surface area contributed by atoms with Crippen LogP contribution in [0.1, 0.15) is 27.2 Å². The van der Waals surface area contributed by atoms with E-state index in [2.05, 4.69) is 0 Å². The highest BCUT2D eigenvalue weighted by atomic mass is 16.3. The van der Waals surface area contributed by atoms with Gasteiger partial charge in [0.25, 0.3) is 0 Å². The van der Waals surface area contributed by atoms with Gasteiger partial charge in [0.15, 0.2) is 0 Å². The van der Waals surface area contributed by atoms with E-state index in [0.29, 0.717) is 6.42 Å². The van der Waals surface area contributed by atoms with Crippen molar-refractivity contribution in [2.45, 2.75) is 39.5 Å². The molecule has 4 heteroatoms. The molecule has 0 aromatic rings. The molecule has 1 fully saturated rings. The average molecular weight is 172 g/mol. The molecule has 0 spiro atoms. The summed E-state index contributed by atoms with van der Waals surface area (Å²) in [5.74, 6) is -0.0892. The van der Waals surface area contributed by atoms with Gasteiger partial charge >= 0.3 is 0 Å². The summed E-state index contributed by atoms with van der Waals surface area (Å²) in [6.07, 6.45) is 0.0189. The van der Waals surface area contributed by atoms with E-state index in [1.165, 1.54) is 11.9 Å². The van der Waals surface area contributed by atoms with Crippen molar-refractivity contribution in [3.63, 3.8) is 0 Å². The molecule has 1 saturated heterocycles. The zero-order valence-corrected chi connectivity index (χ0v) is 7.82. The number of carbonyl (C=O) groups is 1. The Bertz CT molecular complexity index is 184. The fraction of sp³-hybridized carbons (Fsp3) is 0.875. The number of hydrazine groups is 1. The van der Waals surface area contributed by atoms with Crippen molar-refractivity contribution < 1.29 is 9.90 Å². The maximum Gasteiger partial charge on any atom is 0.236 e. The van der Waals surface area contributed by atoms with E-state index in [0.717, 1.165) is 6.54 Å². The second kappa shape index (κ2) is 3.41. The molecule has 2 atom stereocenters. The lowest BCUT2D eigenvalue weighted by molar-refractivity contribution is -0.158. The lowest BCUT2D eigenvalue weighted by Crippen LogP contribution is -2.45. The zero-order valence-electron chi connectivity index (χ0n) is 7.82. The number of carbonyl (C=O) groups excluding carboxylic acids is 1. The molecular formula is C8H16N2O2. The van der Waals surface area contributed by atoms with Gasteiger partial charge in [-0.15, -0.1) is 0 Å². The lowest BCUT2D eigenvalue weighted by atomic mass is 10.2. The van der Waals surface area contributed by atoms with Crippen molar-refractivity contribution in [2.24, 2.45) is 0 Å². The SMILES string of the molecule is CCN1C(C)CC(O)N1C(C)=O. The molecule has 0 aliphatic carbocycles. The van der Waals surface area contributed by atoms with Gasteiger partial charge in [-0.2, -0.15) is 0 Å². The van der Waals surface area contributed by atoms with Crippen LogP contribution < -0.4 is 0 Å². The van der Waals surface area contributed by atoms with Crippen LogP contribution >= 0.6 is 0 Å². The Morgan fingerprint density at radius 3 is 2.58 bits per heavy atom. The molecule has 12 heavy (non-hydrogen) atoms. The van der Waals surface area contributed by atoms with E-state index in [9.17, 15) is 9.90 Å². The number of aliphatic hydroxyl groups is 1. The van der Waals surface area contributed by atoms with Crippen LogP contribution in [0.15, 0.2) is 0 Å². The Morgan fingerprint density at radius 2 is 2.25 bits per heavy atom. The summed E-state index contributed by atoms with van der Waals surface area (Å²) in [5, 5.41) is 12.8. The predicted molar refractivity (Wildman–Crippen MR) is 45.0 cm³/mol. The minimum atomic E-state index is -0.627. The molecule has 0 radical (unpaired) electrons. The first-order valence-electron chi connectivity index (χ1n) is 4.32. The van der Waals surface area contributed by atoms with Crippen molar-refractivity contribution in [1.29, 1.82) is 0 Å². The average Bonchev–Trinajstić information content (AvgIpc) is 2.24. The molecule has 70 valence electrons. The van der Waals surface area contributed by atoms with Gasteiger partial charge in [0, 0.05) is 25.9 Å². The van der Waals surface area contributed by atoms with Crippen molar-refractivity contribution in [1.82, 2.24) is 10.0 Å². The van der Waals surface area contributed by atoms with Gasteiger partial charge in [-0.3, -0.25) is 4.79 Å². The molecule has 1 heterocycles. The number of nitrogens with zero attached hydrogens (tertiary/aromatic N) is 2. The standard InChI is InChI=1S/C8H16N2O2/c1-4-9-6(2)5-8(12)10(9)7(3)11/h6,8,12H,4-5H2,1-3H3. The minimum absolute atomic E-state index is 0.0892. The monoisotopic (exact) mass is 172 g/mol. The summed E-state index contributed by atoms with van der Waals surface area (Å²) in [6.45, 7) is 6.22. The summed E-state index contributed by atoms with van der Waals surface area (Å²) in [6, 6.07) is 0.258. The van der Waals surface area contributed by atoms with Crippen molar-refractivity contribution in [3.8, 4) is 0 Å². The quantitative estimate of drug-likeness (QED) is 0.613. The van der Waals surface area contributed by atoms with E-state index in [4.69, 9.17) is 0 Å². The fourth-order valence-corrected chi connectivity index (χ4v) is 1.76. The third-order valence-electron chi connectivity index (χ3n) is 2.27. The number of hydrogen-bond donors (Lipinski definition) is 1. The number of rotatable bonds is 1. The Hall–Kier alpha value is -0.610. The first-order valence-corrected chi connectivity index (χ1v) is 4.32. The molecule has 1 aliphatic rings. The Labute approximate surface area is 72.7 Å². The fourth-order valence-electron chi connectivity index (χ4n) is 1.76. The zero-order chi connectivity index (χ0) is 9.30.